The van der Waals surface area contributed by atoms with Gasteiger partial charge in [-0.3, -0.25) is 0 Å². The van der Waals surface area contributed by atoms with Gasteiger partial charge in [0.15, 0.2) is 0 Å². The van der Waals surface area contributed by atoms with Gasteiger partial charge in [-0.25, -0.2) is 8.78 Å². The molecule has 0 amide bonds. The molecule has 0 aliphatic carbocycles. The van der Waals surface area contributed by atoms with E-state index in [2.05, 4.69) is 0 Å². The van der Waals surface area contributed by atoms with Crippen LogP contribution in [-0.4, -0.2) is 5.11 Å². The van der Waals surface area contributed by atoms with Gasteiger partial charge in [-0.1, -0.05) is 23.8 Å². The van der Waals surface area contributed by atoms with Crippen LogP contribution >= 0.6 is 0 Å². The van der Waals surface area contributed by atoms with Crippen molar-refractivity contribution in [3.8, 4) is 0 Å². The summed E-state index contributed by atoms with van der Waals surface area (Å²) in [4.78, 5) is 0. The van der Waals surface area contributed by atoms with Crippen molar-refractivity contribution in [3.63, 3.8) is 0 Å². The Bertz CT molecular complexity index is 620. The van der Waals surface area contributed by atoms with Crippen LogP contribution in [-0.2, 0) is 0 Å². The van der Waals surface area contributed by atoms with E-state index in [9.17, 15) is 13.9 Å². The molecular formula is C16H16F2O. The number of aryl methyl sites for hydroxylation is 3. The zero-order chi connectivity index (χ0) is 14.2. The lowest BCUT2D eigenvalue weighted by atomic mass is 9.94. The van der Waals surface area contributed by atoms with E-state index in [1.54, 1.807) is 6.92 Å². The summed E-state index contributed by atoms with van der Waals surface area (Å²) in [5.41, 5.74) is 2.93. The molecule has 2 aromatic rings. The molecule has 3 heteroatoms. The molecule has 0 saturated carbocycles. The summed E-state index contributed by atoms with van der Waals surface area (Å²) < 4.78 is 27.0. The van der Waals surface area contributed by atoms with Crippen LogP contribution in [0.15, 0.2) is 30.3 Å². The second kappa shape index (κ2) is 5.10. The third-order valence-electron chi connectivity index (χ3n) is 3.30. The molecule has 1 atom stereocenters. The Balaban J connectivity index is 2.52. The molecule has 1 N–H and O–H groups in total. The predicted molar refractivity (Wildman–Crippen MR) is 71.1 cm³/mol. The zero-order valence-electron chi connectivity index (χ0n) is 11.2. The minimum atomic E-state index is -1.08. The van der Waals surface area contributed by atoms with Gasteiger partial charge in [0.2, 0.25) is 0 Å². The van der Waals surface area contributed by atoms with Crippen LogP contribution in [0.3, 0.4) is 0 Å². The van der Waals surface area contributed by atoms with Gasteiger partial charge in [0.1, 0.15) is 17.7 Å². The number of hydrogen-bond donors (Lipinski definition) is 1. The lowest BCUT2D eigenvalue weighted by Crippen LogP contribution is -2.06. The third-order valence-corrected chi connectivity index (χ3v) is 3.30. The van der Waals surface area contributed by atoms with Crippen LogP contribution in [0.1, 0.15) is 33.9 Å². The minimum absolute atomic E-state index is 0.104. The summed E-state index contributed by atoms with van der Waals surface area (Å²) in [5, 5.41) is 10.3. The summed E-state index contributed by atoms with van der Waals surface area (Å²) >= 11 is 0. The first-order chi connectivity index (χ1) is 8.90. The molecule has 19 heavy (non-hydrogen) atoms. The Morgan fingerprint density at radius 2 is 1.53 bits per heavy atom. The topological polar surface area (TPSA) is 20.2 Å². The maximum absolute atomic E-state index is 13.8. The summed E-state index contributed by atoms with van der Waals surface area (Å²) in [6.07, 6.45) is -1.08. The van der Waals surface area contributed by atoms with Crippen molar-refractivity contribution < 1.29 is 13.9 Å². The van der Waals surface area contributed by atoms with Crippen molar-refractivity contribution >= 4 is 0 Å². The van der Waals surface area contributed by atoms with Gasteiger partial charge in [-0.15, -0.1) is 0 Å². The molecule has 0 heterocycles. The zero-order valence-corrected chi connectivity index (χ0v) is 11.2. The highest BCUT2D eigenvalue weighted by Crippen LogP contribution is 2.29. The van der Waals surface area contributed by atoms with E-state index in [1.807, 2.05) is 32.0 Å². The number of aliphatic hydroxyl groups excluding tert-OH is 1. The first kappa shape index (κ1) is 13.7. The molecule has 0 aliphatic heterocycles. The van der Waals surface area contributed by atoms with E-state index < -0.39 is 17.7 Å². The van der Waals surface area contributed by atoms with E-state index in [-0.39, 0.29) is 5.56 Å². The monoisotopic (exact) mass is 262 g/mol. The lowest BCUT2D eigenvalue weighted by molar-refractivity contribution is 0.214. The molecule has 2 aromatic carbocycles. The Labute approximate surface area is 111 Å². The Morgan fingerprint density at radius 3 is 2.21 bits per heavy atom. The van der Waals surface area contributed by atoms with Gasteiger partial charge in [-0.05, 0) is 43.5 Å². The largest absolute Gasteiger partial charge is 0.384 e. The SMILES string of the molecule is Cc1ccc(C)c(C(O)c2cc(C)c(F)cc2F)c1. The fraction of sp³-hybridized carbons (Fsp3) is 0.250. The number of benzene rings is 2. The van der Waals surface area contributed by atoms with Gasteiger partial charge in [0.05, 0.1) is 0 Å². The predicted octanol–water partition coefficient (Wildman–Crippen LogP) is 3.97. The molecule has 1 unspecified atom stereocenters. The van der Waals surface area contributed by atoms with Gasteiger partial charge < -0.3 is 5.11 Å². The maximum Gasteiger partial charge on any atom is 0.132 e. The Morgan fingerprint density at radius 1 is 0.842 bits per heavy atom. The fourth-order valence-corrected chi connectivity index (χ4v) is 2.11. The quantitative estimate of drug-likeness (QED) is 0.868. The van der Waals surface area contributed by atoms with Crippen LogP contribution in [0.4, 0.5) is 8.78 Å². The van der Waals surface area contributed by atoms with Gasteiger partial charge >= 0.3 is 0 Å². The molecule has 100 valence electrons. The van der Waals surface area contributed by atoms with Crippen molar-refractivity contribution in [3.05, 3.63) is 69.8 Å². The number of rotatable bonds is 2. The summed E-state index contributed by atoms with van der Waals surface area (Å²) in [5.74, 6) is -1.33. The van der Waals surface area contributed by atoms with E-state index in [0.717, 1.165) is 17.2 Å². The van der Waals surface area contributed by atoms with Crippen LogP contribution < -0.4 is 0 Å². The molecule has 0 fully saturated rings. The van der Waals surface area contributed by atoms with Crippen molar-refractivity contribution in [1.82, 2.24) is 0 Å². The molecule has 0 aromatic heterocycles. The second-order valence-corrected chi connectivity index (χ2v) is 4.89. The number of aliphatic hydroxyl groups is 1. The van der Waals surface area contributed by atoms with Crippen molar-refractivity contribution in [2.45, 2.75) is 26.9 Å². The van der Waals surface area contributed by atoms with Crippen molar-refractivity contribution in [1.29, 1.82) is 0 Å². The van der Waals surface area contributed by atoms with Crippen LogP contribution in [0.25, 0.3) is 0 Å². The van der Waals surface area contributed by atoms with E-state index in [1.165, 1.54) is 6.07 Å². The Kier molecular flexibility index (Phi) is 3.67. The van der Waals surface area contributed by atoms with Crippen LogP contribution in [0.2, 0.25) is 0 Å². The highest BCUT2D eigenvalue weighted by Gasteiger charge is 2.18. The summed E-state index contributed by atoms with van der Waals surface area (Å²) in [6.45, 7) is 5.31. The minimum Gasteiger partial charge on any atom is -0.384 e. The smallest absolute Gasteiger partial charge is 0.132 e. The normalized spacial score (nSPS) is 12.5. The average molecular weight is 262 g/mol. The standard InChI is InChI=1S/C16H16F2O/c1-9-4-5-10(2)12(6-9)16(19)13-7-11(3)14(17)8-15(13)18/h4-8,16,19H,1-3H3. The number of hydrogen-bond acceptors (Lipinski definition) is 1. The van der Waals surface area contributed by atoms with E-state index in [4.69, 9.17) is 0 Å². The second-order valence-electron chi connectivity index (χ2n) is 4.89. The van der Waals surface area contributed by atoms with E-state index in [0.29, 0.717) is 11.1 Å². The molecule has 0 radical (unpaired) electrons. The molecular weight excluding hydrogens is 246 g/mol. The van der Waals surface area contributed by atoms with Gasteiger partial charge in [0.25, 0.3) is 0 Å². The highest BCUT2D eigenvalue weighted by molar-refractivity contribution is 5.39. The summed E-state index contributed by atoms with van der Waals surface area (Å²) in [7, 11) is 0. The molecule has 2 rings (SSSR count). The third kappa shape index (κ3) is 2.66. The van der Waals surface area contributed by atoms with Crippen molar-refractivity contribution in [2.75, 3.05) is 0 Å². The average Bonchev–Trinajstić information content (AvgIpc) is 2.36. The fourth-order valence-electron chi connectivity index (χ4n) is 2.11. The lowest BCUT2D eigenvalue weighted by Gasteiger charge is -2.16. The van der Waals surface area contributed by atoms with Crippen LogP contribution in [0, 0.1) is 32.4 Å². The van der Waals surface area contributed by atoms with Gasteiger partial charge in [0, 0.05) is 11.6 Å². The van der Waals surface area contributed by atoms with Crippen molar-refractivity contribution in [2.24, 2.45) is 0 Å². The molecule has 0 bridgehead atoms. The van der Waals surface area contributed by atoms with Crippen LogP contribution in [0.5, 0.6) is 0 Å². The molecule has 0 saturated heterocycles. The maximum atomic E-state index is 13.8. The summed E-state index contributed by atoms with van der Waals surface area (Å²) in [6, 6.07) is 7.80. The Hall–Kier alpha value is -1.74. The first-order valence-corrected chi connectivity index (χ1v) is 6.11. The number of halogens is 2. The molecule has 0 spiro atoms. The van der Waals surface area contributed by atoms with Gasteiger partial charge in [-0.2, -0.15) is 0 Å². The first-order valence-electron chi connectivity index (χ1n) is 6.11. The molecule has 1 nitrogen and oxygen atoms in total. The van der Waals surface area contributed by atoms with E-state index >= 15 is 0 Å². The highest BCUT2D eigenvalue weighted by atomic mass is 19.1. The molecule has 0 aliphatic rings.